The first kappa shape index (κ1) is 23.8. The van der Waals surface area contributed by atoms with Gasteiger partial charge in [-0.15, -0.1) is 10.2 Å². The Hall–Kier alpha value is -1.82. The Balaban J connectivity index is 1.34. The standard InChI is InChI=1S/C19H22ClF3N4O3S/c20-15-4-2-14(3-5-15)17-24-25-18(30-17)31-12-16(28)27-9-7-26(8-10-27)6-1-11-29-13-19(21,22)23/h2-5H,1,6-13H2. The number of benzene rings is 1. The lowest BCUT2D eigenvalue weighted by Crippen LogP contribution is -2.49. The fourth-order valence-corrected chi connectivity index (χ4v) is 3.78. The van der Waals surface area contributed by atoms with E-state index in [0.717, 1.165) is 5.56 Å². The maximum atomic E-state index is 12.4. The number of piperazine rings is 1. The molecular formula is C19H22ClF3N4O3S. The first-order chi connectivity index (χ1) is 14.8. The van der Waals surface area contributed by atoms with Gasteiger partial charge in [-0.05, 0) is 30.7 Å². The van der Waals surface area contributed by atoms with Crippen LogP contribution in [0.3, 0.4) is 0 Å². The van der Waals surface area contributed by atoms with Gasteiger partial charge in [0, 0.05) is 49.9 Å². The fraction of sp³-hybridized carbons (Fsp3) is 0.526. The van der Waals surface area contributed by atoms with E-state index in [1.54, 1.807) is 29.2 Å². The molecular weight excluding hydrogens is 457 g/mol. The lowest BCUT2D eigenvalue weighted by Gasteiger charge is -2.34. The predicted molar refractivity (Wildman–Crippen MR) is 110 cm³/mol. The number of halogens is 4. The van der Waals surface area contributed by atoms with Crippen LogP contribution in [0, 0.1) is 0 Å². The first-order valence-electron chi connectivity index (χ1n) is 9.67. The summed E-state index contributed by atoms with van der Waals surface area (Å²) in [5, 5.41) is 8.87. The van der Waals surface area contributed by atoms with Crippen LogP contribution in [0.25, 0.3) is 11.5 Å². The van der Waals surface area contributed by atoms with Gasteiger partial charge in [-0.3, -0.25) is 9.69 Å². The second kappa shape index (κ2) is 11.2. The van der Waals surface area contributed by atoms with Crippen LogP contribution < -0.4 is 0 Å². The van der Waals surface area contributed by atoms with Crippen molar-refractivity contribution in [1.29, 1.82) is 0 Å². The summed E-state index contributed by atoms with van der Waals surface area (Å²) in [6.45, 7) is 2.00. The van der Waals surface area contributed by atoms with E-state index in [0.29, 0.717) is 55.3 Å². The summed E-state index contributed by atoms with van der Waals surface area (Å²) in [6, 6.07) is 7.01. The number of alkyl halides is 3. The zero-order valence-electron chi connectivity index (χ0n) is 16.6. The largest absolute Gasteiger partial charge is 0.411 e. The van der Waals surface area contributed by atoms with Gasteiger partial charge in [0.1, 0.15) is 6.61 Å². The van der Waals surface area contributed by atoms with Crippen molar-refractivity contribution in [2.24, 2.45) is 0 Å². The Kier molecular flexibility index (Phi) is 8.58. The van der Waals surface area contributed by atoms with E-state index in [4.69, 9.17) is 16.0 Å². The average molecular weight is 479 g/mol. The highest BCUT2D eigenvalue weighted by atomic mass is 35.5. The molecule has 1 aliphatic heterocycles. The summed E-state index contributed by atoms with van der Waals surface area (Å²) < 4.78 is 46.3. The Morgan fingerprint density at radius 3 is 2.55 bits per heavy atom. The van der Waals surface area contributed by atoms with Crippen molar-refractivity contribution < 1.29 is 27.1 Å². The molecule has 1 aliphatic rings. The lowest BCUT2D eigenvalue weighted by atomic mass is 10.2. The third-order valence-electron chi connectivity index (χ3n) is 4.57. The Bertz CT molecular complexity index is 843. The van der Waals surface area contributed by atoms with Gasteiger partial charge in [0.2, 0.25) is 11.8 Å². The van der Waals surface area contributed by atoms with Gasteiger partial charge < -0.3 is 14.1 Å². The highest BCUT2D eigenvalue weighted by Gasteiger charge is 2.27. The minimum Gasteiger partial charge on any atom is -0.411 e. The van der Waals surface area contributed by atoms with Crippen molar-refractivity contribution in [1.82, 2.24) is 20.0 Å². The average Bonchev–Trinajstić information content (AvgIpc) is 3.21. The SMILES string of the molecule is O=C(CSc1nnc(-c2ccc(Cl)cc2)o1)N1CCN(CCCOCC(F)(F)F)CC1. The molecule has 31 heavy (non-hydrogen) atoms. The minimum absolute atomic E-state index is 0.0237. The number of hydrogen-bond acceptors (Lipinski definition) is 7. The van der Waals surface area contributed by atoms with Gasteiger partial charge in [0.05, 0.1) is 5.75 Å². The van der Waals surface area contributed by atoms with Crippen LogP contribution in [0.2, 0.25) is 5.02 Å². The number of hydrogen-bond donors (Lipinski definition) is 0. The molecule has 0 saturated carbocycles. The number of carbonyl (C=O) groups is 1. The van der Waals surface area contributed by atoms with Gasteiger partial charge in [-0.25, -0.2) is 0 Å². The number of rotatable bonds is 9. The normalized spacial score (nSPS) is 15.4. The molecule has 0 unspecified atom stereocenters. The Morgan fingerprint density at radius 1 is 1.16 bits per heavy atom. The zero-order valence-corrected chi connectivity index (χ0v) is 18.2. The highest BCUT2D eigenvalue weighted by molar-refractivity contribution is 7.99. The summed E-state index contributed by atoms with van der Waals surface area (Å²) in [4.78, 5) is 16.3. The molecule has 1 fully saturated rings. The first-order valence-corrected chi connectivity index (χ1v) is 11.0. The van der Waals surface area contributed by atoms with Gasteiger partial charge in [0.15, 0.2) is 0 Å². The van der Waals surface area contributed by atoms with Crippen LogP contribution in [0.5, 0.6) is 0 Å². The van der Waals surface area contributed by atoms with Gasteiger partial charge in [-0.1, -0.05) is 23.4 Å². The Labute approximate surface area is 186 Å². The molecule has 12 heteroatoms. The van der Waals surface area contributed by atoms with E-state index in [1.807, 2.05) is 0 Å². The van der Waals surface area contributed by atoms with Crippen molar-refractivity contribution in [3.05, 3.63) is 29.3 Å². The summed E-state index contributed by atoms with van der Waals surface area (Å²) in [5.41, 5.74) is 0.745. The zero-order chi connectivity index (χ0) is 22.3. The van der Waals surface area contributed by atoms with E-state index >= 15 is 0 Å². The molecule has 0 atom stereocenters. The number of nitrogens with zero attached hydrogens (tertiary/aromatic N) is 4. The van der Waals surface area contributed by atoms with Crippen LogP contribution in [0.4, 0.5) is 13.2 Å². The molecule has 7 nitrogen and oxygen atoms in total. The highest BCUT2D eigenvalue weighted by Crippen LogP contribution is 2.24. The molecule has 1 aromatic carbocycles. The quantitative estimate of drug-likeness (QED) is 0.403. The molecule has 1 aromatic heterocycles. The molecule has 0 spiro atoms. The molecule has 0 bridgehead atoms. The maximum absolute atomic E-state index is 12.4. The van der Waals surface area contributed by atoms with Gasteiger partial charge >= 0.3 is 6.18 Å². The van der Waals surface area contributed by atoms with Crippen LogP contribution in [-0.4, -0.2) is 83.8 Å². The van der Waals surface area contributed by atoms with E-state index in [-0.39, 0.29) is 18.3 Å². The summed E-state index contributed by atoms with van der Waals surface area (Å²) in [7, 11) is 0. The summed E-state index contributed by atoms with van der Waals surface area (Å²) in [5.74, 6) is 0.525. The summed E-state index contributed by atoms with van der Waals surface area (Å²) in [6.07, 6.45) is -3.77. The molecule has 0 radical (unpaired) electrons. The van der Waals surface area contributed by atoms with E-state index in [2.05, 4.69) is 19.8 Å². The maximum Gasteiger partial charge on any atom is 0.411 e. The molecule has 2 aromatic rings. The van der Waals surface area contributed by atoms with Crippen LogP contribution >= 0.6 is 23.4 Å². The van der Waals surface area contributed by atoms with E-state index in [1.165, 1.54) is 11.8 Å². The molecule has 0 N–H and O–H groups in total. The number of amides is 1. The molecule has 0 aliphatic carbocycles. The van der Waals surface area contributed by atoms with Crippen LogP contribution in [0.15, 0.2) is 33.9 Å². The van der Waals surface area contributed by atoms with E-state index in [9.17, 15) is 18.0 Å². The third-order valence-corrected chi connectivity index (χ3v) is 5.63. The van der Waals surface area contributed by atoms with Crippen molar-refractivity contribution in [2.75, 3.05) is 51.7 Å². The van der Waals surface area contributed by atoms with Crippen LogP contribution in [0.1, 0.15) is 6.42 Å². The van der Waals surface area contributed by atoms with Gasteiger partial charge in [-0.2, -0.15) is 13.2 Å². The van der Waals surface area contributed by atoms with Crippen molar-refractivity contribution >= 4 is 29.3 Å². The van der Waals surface area contributed by atoms with Crippen molar-refractivity contribution in [2.45, 2.75) is 17.8 Å². The molecule has 1 saturated heterocycles. The summed E-state index contributed by atoms with van der Waals surface area (Å²) >= 11 is 7.05. The number of ether oxygens (including phenoxy) is 1. The molecule has 3 rings (SSSR count). The molecule has 170 valence electrons. The molecule has 2 heterocycles. The topological polar surface area (TPSA) is 71.7 Å². The second-order valence-electron chi connectivity index (χ2n) is 6.91. The number of aromatic nitrogens is 2. The lowest BCUT2D eigenvalue weighted by molar-refractivity contribution is -0.174. The minimum atomic E-state index is -4.29. The predicted octanol–water partition coefficient (Wildman–Crippen LogP) is 3.60. The monoisotopic (exact) mass is 478 g/mol. The van der Waals surface area contributed by atoms with Crippen molar-refractivity contribution in [3.63, 3.8) is 0 Å². The van der Waals surface area contributed by atoms with Crippen molar-refractivity contribution in [3.8, 4) is 11.5 Å². The smallest absolute Gasteiger partial charge is 0.411 e. The Morgan fingerprint density at radius 2 is 1.87 bits per heavy atom. The fourth-order valence-electron chi connectivity index (χ4n) is 2.99. The van der Waals surface area contributed by atoms with Gasteiger partial charge in [0.25, 0.3) is 5.22 Å². The number of thioether (sulfide) groups is 1. The second-order valence-corrected chi connectivity index (χ2v) is 8.28. The van der Waals surface area contributed by atoms with Crippen LogP contribution in [-0.2, 0) is 9.53 Å². The van der Waals surface area contributed by atoms with E-state index < -0.39 is 12.8 Å². The molecule has 1 amide bonds. The third kappa shape index (κ3) is 7.99. The number of carbonyl (C=O) groups excluding carboxylic acids is 1.